The van der Waals surface area contributed by atoms with Crippen LogP contribution in [0.4, 0.5) is 0 Å². The van der Waals surface area contributed by atoms with Crippen LogP contribution in [-0.2, 0) is 0 Å². The SMILES string of the molecule is NCC(C1CC1)N1CCN(C2CCCC2)CC1. The van der Waals surface area contributed by atoms with Crippen molar-refractivity contribution in [3.63, 3.8) is 0 Å². The van der Waals surface area contributed by atoms with E-state index in [2.05, 4.69) is 9.80 Å². The molecular formula is C14H27N3. The maximum atomic E-state index is 5.95. The van der Waals surface area contributed by atoms with Crippen molar-refractivity contribution < 1.29 is 0 Å². The Kier molecular flexibility index (Phi) is 3.69. The second kappa shape index (κ2) is 5.25. The van der Waals surface area contributed by atoms with Crippen molar-refractivity contribution in [3.8, 4) is 0 Å². The van der Waals surface area contributed by atoms with Crippen LogP contribution in [0.15, 0.2) is 0 Å². The fourth-order valence-electron chi connectivity index (χ4n) is 3.82. The topological polar surface area (TPSA) is 32.5 Å². The maximum absolute atomic E-state index is 5.95. The van der Waals surface area contributed by atoms with Crippen LogP contribution in [0.3, 0.4) is 0 Å². The monoisotopic (exact) mass is 237 g/mol. The molecule has 1 unspecified atom stereocenters. The molecule has 98 valence electrons. The van der Waals surface area contributed by atoms with Gasteiger partial charge < -0.3 is 5.73 Å². The van der Waals surface area contributed by atoms with Crippen LogP contribution in [0.2, 0.25) is 0 Å². The van der Waals surface area contributed by atoms with Crippen LogP contribution in [-0.4, -0.2) is 54.6 Å². The molecule has 1 heterocycles. The number of nitrogens with zero attached hydrogens (tertiary/aromatic N) is 2. The van der Waals surface area contributed by atoms with Gasteiger partial charge in [0.15, 0.2) is 0 Å². The van der Waals surface area contributed by atoms with Gasteiger partial charge in [0.05, 0.1) is 0 Å². The van der Waals surface area contributed by atoms with Crippen LogP contribution in [0.25, 0.3) is 0 Å². The Labute approximate surface area is 105 Å². The van der Waals surface area contributed by atoms with Gasteiger partial charge in [-0.2, -0.15) is 0 Å². The minimum atomic E-state index is 0.695. The lowest BCUT2D eigenvalue weighted by atomic mass is 10.1. The molecule has 0 aromatic carbocycles. The van der Waals surface area contributed by atoms with Crippen molar-refractivity contribution in [2.75, 3.05) is 32.7 Å². The fourth-order valence-corrected chi connectivity index (χ4v) is 3.82. The fraction of sp³-hybridized carbons (Fsp3) is 1.00. The second-order valence-electron chi connectivity index (χ2n) is 6.15. The van der Waals surface area contributed by atoms with E-state index < -0.39 is 0 Å². The minimum Gasteiger partial charge on any atom is -0.329 e. The molecule has 3 heteroatoms. The molecule has 0 radical (unpaired) electrons. The molecule has 1 saturated heterocycles. The summed E-state index contributed by atoms with van der Waals surface area (Å²) in [7, 11) is 0. The van der Waals surface area contributed by atoms with E-state index in [0.717, 1.165) is 18.5 Å². The molecule has 0 aromatic heterocycles. The molecule has 3 rings (SSSR count). The van der Waals surface area contributed by atoms with E-state index in [1.807, 2.05) is 0 Å². The second-order valence-corrected chi connectivity index (χ2v) is 6.15. The van der Waals surface area contributed by atoms with Crippen molar-refractivity contribution in [1.82, 2.24) is 9.80 Å². The predicted octanol–water partition coefficient (Wildman–Crippen LogP) is 1.28. The molecule has 3 aliphatic rings. The first-order valence-corrected chi connectivity index (χ1v) is 7.56. The molecular weight excluding hydrogens is 210 g/mol. The van der Waals surface area contributed by atoms with Crippen molar-refractivity contribution in [2.45, 2.75) is 50.6 Å². The summed E-state index contributed by atoms with van der Waals surface area (Å²) in [6.45, 7) is 5.96. The van der Waals surface area contributed by atoms with Gasteiger partial charge in [-0.1, -0.05) is 12.8 Å². The third kappa shape index (κ3) is 2.67. The molecule has 0 bridgehead atoms. The standard InChI is InChI=1S/C14H27N3/c15-11-14(12-5-6-12)17-9-7-16(8-10-17)13-3-1-2-4-13/h12-14H,1-11,15H2. The Morgan fingerprint density at radius 3 is 2.12 bits per heavy atom. The summed E-state index contributed by atoms with van der Waals surface area (Å²) < 4.78 is 0. The smallest absolute Gasteiger partial charge is 0.0247 e. The van der Waals surface area contributed by atoms with Crippen LogP contribution >= 0.6 is 0 Å². The molecule has 3 nitrogen and oxygen atoms in total. The summed E-state index contributed by atoms with van der Waals surface area (Å²) in [6.07, 6.45) is 8.65. The predicted molar refractivity (Wildman–Crippen MR) is 71.0 cm³/mol. The van der Waals surface area contributed by atoms with Crippen molar-refractivity contribution in [2.24, 2.45) is 11.7 Å². The zero-order valence-corrected chi connectivity index (χ0v) is 11.0. The van der Waals surface area contributed by atoms with E-state index >= 15 is 0 Å². The Morgan fingerprint density at radius 1 is 0.941 bits per heavy atom. The Hall–Kier alpha value is -0.120. The molecule has 17 heavy (non-hydrogen) atoms. The molecule has 2 N–H and O–H groups in total. The summed E-state index contributed by atoms with van der Waals surface area (Å²) in [5, 5.41) is 0. The van der Waals surface area contributed by atoms with Crippen LogP contribution in [0.5, 0.6) is 0 Å². The Morgan fingerprint density at radius 2 is 1.59 bits per heavy atom. The van der Waals surface area contributed by atoms with Gasteiger partial charge in [-0.05, 0) is 31.6 Å². The quantitative estimate of drug-likeness (QED) is 0.799. The van der Waals surface area contributed by atoms with E-state index in [0.29, 0.717) is 6.04 Å². The van der Waals surface area contributed by atoms with Crippen LogP contribution < -0.4 is 5.73 Å². The lowest BCUT2D eigenvalue weighted by Crippen LogP contribution is -2.54. The highest BCUT2D eigenvalue weighted by Crippen LogP contribution is 2.35. The first kappa shape index (κ1) is 11.9. The van der Waals surface area contributed by atoms with Gasteiger partial charge in [-0.15, -0.1) is 0 Å². The summed E-state index contributed by atoms with van der Waals surface area (Å²) in [5.41, 5.74) is 5.95. The summed E-state index contributed by atoms with van der Waals surface area (Å²) >= 11 is 0. The molecule has 3 fully saturated rings. The molecule has 0 spiro atoms. The number of nitrogens with two attached hydrogens (primary N) is 1. The number of piperazine rings is 1. The maximum Gasteiger partial charge on any atom is 0.0247 e. The largest absolute Gasteiger partial charge is 0.329 e. The first-order chi connectivity index (χ1) is 8.38. The zero-order valence-electron chi connectivity index (χ0n) is 11.0. The normalized spacial score (nSPS) is 30.9. The van der Waals surface area contributed by atoms with Gasteiger partial charge in [0.25, 0.3) is 0 Å². The summed E-state index contributed by atoms with van der Waals surface area (Å²) in [5.74, 6) is 0.929. The molecule has 1 aliphatic heterocycles. The number of hydrogen-bond acceptors (Lipinski definition) is 3. The van der Waals surface area contributed by atoms with Gasteiger partial charge in [-0.25, -0.2) is 0 Å². The van der Waals surface area contributed by atoms with E-state index in [-0.39, 0.29) is 0 Å². The molecule has 0 aromatic rings. The average Bonchev–Trinajstić information content (AvgIpc) is 3.05. The highest BCUT2D eigenvalue weighted by atomic mass is 15.3. The van der Waals surface area contributed by atoms with E-state index in [4.69, 9.17) is 5.73 Å². The molecule has 2 saturated carbocycles. The lowest BCUT2D eigenvalue weighted by Gasteiger charge is -2.41. The van der Waals surface area contributed by atoms with Crippen LogP contribution in [0.1, 0.15) is 38.5 Å². The van der Waals surface area contributed by atoms with Gasteiger partial charge in [0.1, 0.15) is 0 Å². The minimum absolute atomic E-state index is 0.695. The van der Waals surface area contributed by atoms with E-state index in [1.54, 1.807) is 0 Å². The number of hydrogen-bond donors (Lipinski definition) is 1. The van der Waals surface area contributed by atoms with Gasteiger partial charge in [-0.3, -0.25) is 9.80 Å². The van der Waals surface area contributed by atoms with E-state index in [9.17, 15) is 0 Å². The lowest BCUT2D eigenvalue weighted by molar-refractivity contribution is 0.0659. The van der Waals surface area contributed by atoms with Crippen molar-refractivity contribution in [3.05, 3.63) is 0 Å². The summed E-state index contributed by atoms with van der Waals surface area (Å²) in [6, 6.07) is 1.61. The van der Waals surface area contributed by atoms with Gasteiger partial charge in [0.2, 0.25) is 0 Å². The van der Waals surface area contributed by atoms with Gasteiger partial charge in [0, 0.05) is 44.8 Å². The third-order valence-corrected chi connectivity index (χ3v) is 5.07. The van der Waals surface area contributed by atoms with Crippen LogP contribution in [0, 0.1) is 5.92 Å². The third-order valence-electron chi connectivity index (χ3n) is 5.07. The Bertz CT molecular complexity index is 238. The zero-order chi connectivity index (χ0) is 11.7. The van der Waals surface area contributed by atoms with Crippen molar-refractivity contribution in [1.29, 1.82) is 0 Å². The first-order valence-electron chi connectivity index (χ1n) is 7.56. The average molecular weight is 237 g/mol. The van der Waals surface area contributed by atoms with Crippen molar-refractivity contribution >= 4 is 0 Å². The number of rotatable bonds is 4. The molecule has 0 amide bonds. The Balaban J connectivity index is 1.49. The highest BCUT2D eigenvalue weighted by Gasteiger charge is 2.36. The van der Waals surface area contributed by atoms with E-state index in [1.165, 1.54) is 64.7 Å². The van der Waals surface area contributed by atoms with Gasteiger partial charge >= 0.3 is 0 Å². The summed E-state index contributed by atoms with van der Waals surface area (Å²) in [4.78, 5) is 5.41. The molecule has 1 atom stereocenters. The molecule has 2 aliphatic carbocycles. The highest BCUT2D eigenvalue weighted by molar-refractivity contribution is 4.92.